The van der Waals surface area contributed by atoms with Gasteiger partial charge in [-0.1, -0.05) is 51.1 Å². The molecule has 0 aliphatic carbocycles. The molecule has 1 amide bonds. The van der Waals surface area contributed by atoms with Crippen LogP contribution >= 0.6 is 0 Å². The smallest absolute Gasteiger partial charge is 0.366 e. The van der Waals surface area contributed by atoms with E-state index in [4.69, 9.17) is 32.8 Å². The van der Waals surface area contributed by atoms with Gasteiger partial charge >= 0.3 is 5.97 Å². The van der Waals surface area contributed by atoms with Crippen LogP contribution in [-0.2, 0) is 48.9 Å². The Kier molecular flexibility index (Phi) is 10.8. The molecule has 2 heterocycles. The molecule has 6 atom stereocenters. The zero-order chi connectivity index (χ0) is 30.6. The van der Waals surface area contributed by atoms with Gasteiger partial charge < -0.3 is 38.2 Å². The third kappa shape index (κ3) is 8.16. The molecular weight excluding hydrogens is 546 g/mol. The maximum Gasteiger partial charge on any atom is 0.366 e. The molecule has 2 aliphatic rings. The lowest BCUT2D eigenvalue weighted by atomic mass is 9.88. The molecule has 0 aromatic heterocycles. The molecule has 1 aromatic carbocycles. The van der Waals surface area contributed by atoms with Gasteiger partial charge in [0.25, 0.3) is 5.79 Å². The quantitative estimate of drug-likeness (QED) is 0.300. The topological polar surface area (TPSA) is 111 Å². The zero-order valence-electron chi connectivity index (χ0n) is 26.3. The van der Waals surface area contributed by atoms with Gasteiger partial charge in [0, 0.05) is 20.5 Å². The van der Waals surface area contributed by atoms with Crippen molar-refractivity contribution in [3.8, 4) is 0 Å². The Labute approximate surface area is 245 Å². The number of rotatable bonds is 11. The summed E-state index contributed by atoms with van der Waals surface area (Å²) in [5, 5.41) is 2.92. The van der Waals surface area contributed by atoms with Crippen molar-refractivity contribution in [1.82, 2.24) is 5.32 Å². The van der Waals surface area contributed by atoms with Crippen molar-refractivity contribution in [2.75, 3.05) is 27.4 Å². The SMILES string of the molecule is COC(=O)[C@]1(OC)C[C@H](O[Si](C)(C)C(C)(C)C)[C@@H](NC(C)=O)[C@H]([C@H](OCCc2ccccc2)[C@H]2COC(C)(C)O2)O1. The first-order chi connectivity index (χ1) is 19.0. The Morgan fingerprint density at radius 1 is 1.12 bits per heavy atom. The Balaban J connectivity index is 2.07. The lowest BCUT2D eigenvalue weighted by Gasteiger charge is -2.51. The highest BCUT2D eigenvalue weighted by atomic mass is 28.4. The Morgan fingerprint density at radius 2 is 1.78 bits per heavy atom. The van der Waals surface area contributed by atoms with Crippen molar-refractivity contribution in [1.29, 1.82) is 0 Å². The number of methoxy groups -OCH3 is 2. The van der Waals surface area contributed by atoms with Gasteiger partial charge in [0.05, 0.1) is 32.5 Å². The fourth-order valence-electron chi connectivity index (χ4n) is 5.05. The summed E-state index contributed by atoms with van der Waals surface area (Å²) in [5.41, 5.74) is 1.11. The summed E-state index contributed by atoms with van der Waals surface area (Å²) in [7, 11) is 0.284. The van der Waals surface area contributed by atoms with Gasteiger partial charge in [0.1, 0.15) is 18.3 Å². The van der Waals surface area contributed by atoms with Gasteiger partial charge in [-0.25, -0.2) is 4.79 Å². The van der Waals surface area contributed by atoms with Crippen LogP contribution in [0.15, 0.2) is 30.3 Å². The highest BCUT2D eigenvalue weighted by Crippen LogP contribution is 2.43. The second-order valence-corrected chi connectivity index (χ2v) is 17.6. The maximum atomic E-state index is 13.2. The Bertz CT molecular complexity index is 1030. The minimum Gasteiger partial charge on any atom is -0.465 e. The molecular formula is C30H49NO9Si. The molecule has 2 aliphatic heterocycles. The van der Waals surface area contributed by atoms with Crippen LogP contribution in [0.25, 0.3) is 0 Å². The highest BCUT2D eigenvalue weighted by Gasteiger charge is 2.59. The van der Waals surface area contributed by atoms with Gasteiger partial charge in [-0.3, -0.25) is 4.79 Å². The lowest BCUT2D eigenvalue weighted by Crippen LogP contribution is -2.70. The fraction of sp³-hybridized carbons (Fsp3) is 0.733. The molecule has 0 radical (unpaired) electrons. The fourth-order valence-corrected chi connectivity index (χ4v) is 6.39. The Hall–Kier alpha value is -1.86. The lowest BCUT2D eigenvalue weighted by molar-refractivity contribution is -0.307. The number of carbonyl (C=O) groups is 2. The van der Waals surface area contributed by atoms with Gasteiger partial charge in [-0.05, 0) is 44.0 Å². The van der Waals surface area contributed by atoms with Crippen LogP contribution in [0.1, 0.15) is 53.5 Å². The zero-order valence-corrected chi connectivity index (χ0v) is 27.3. The molecule has 10 nitrogen and oxygen atoms in total. The average molecular weight is 596 g/mol. The summed E-state index contributed by atoms with van der Waals surface area (Å²) in [6.45, 7) is 16.3. The predicted molar refractivity (Wildman–Crippen MR) is 156 cm³/mol. The molecule has 41 heavy (non-hydrogen) atoms. The number of nitrogens with one attached hydrogen (secondary N) is 1. The summed E-state index contributed by atoms with van der Waals surface area (Å²) >= 11 is 0. The molecule has 1 aromatic rings. The Morgan fingerprint density at radius 3 is 2.29 bits per heavy atom. The third-order valence-electron chi connectivity index (χ3n) is 8.26. The normalized spacial score (nSPS) is 29.1. The van der Waals surface area contributed by atoms with E-state index in [0.717, 1.165) is 5.56 Å². The maximum absolute atomic E-state index is 13.2. The van der Waals surface area contributed by atoms with E-state index < -0.39 is 56.3 Å². The monoisotopic (exact) mass is 595 g/mol. The van der Waals surface area contributed by atoms with Crippen LogP contribution < -0.4 is 5.32 Å². The van der Waals surface area contributed by atoms with Crippen molar-refractivity contribution in [3.05, 3.63) is 35.9 Å². The number of hydrogen-bond acceptors (Lipinski definition) is 9. The molecule has 232 valence electrons. The molecule has 2 fully saturated rings. The molecule has 0 spiro atoms. The standard InChI is InChI=1S/C30H49NO9Si/c1-20(32)31-24-22(40-41(9,10)28(2,3)4)18-30(35-8,27(33)34-7)39-26(24)25(23-19-37-29(5,6)38-23)36-17-16-21-14-12-11-13-15-21/h11-15,22-26H,16-19H2,1-10H3,(H,31,32)/t22-,23+,24+,25+,26+,30-/m0/s1. The van der Waals surface area contributed by atoms with Crippen molar-refractivity contribution in [3.63, 3.8) is 0 Å². The van der Waals surface area contributed by atoms with E-state index in [1.165, 1.54) is 21.1 Å². The van der Waals surface area contributed by atoms with E-state index in [9.17, 15) is 9.59 Å². The first-order valence-corrected chi connectivity index (χ1v) is 17.2. The first kappa shape index (κ1) is 33.6. The molecule has 0 saturated carbocycles. The summed E-state index contributed by atoms with van der Waals surface area (Å²) < 4.78 is 43.1. The summed E-state index contributed by atoms with van der Waals surface area (Å²) in [6, 6.07) is 9.31. The number of benzene rings is 1. The number of carbonyl (C=O) groups excluding carboxylic acids is 2. The molecule has 0 unspecified atom stereocenters. The van der Waals surface area contributed by atoms with Crippen LogP contribution in [0, 0.1) is 0 Å². The minimum atomic E-state index is -2.41. The second kappa shape index (κ2) is 13.2. The van der Waals surface area contributed by atoms with Gasteiger partial charge in [-0.2, -0.15) is 0 Å². The molecule has 11 heteroatoms. The molecule has 1 N–H and O–H groups in total. The number of hydrogen-bond donors (Lipinski definition) is 1. The van der Waals surface area contributed by atoms with Crippen LogP contribution in [0.2, 0.25) is 18.1 Å². The molecule has 0 bridgehead atoms. The van der Waals surface area contributed by atoms with Gasteiger partial charge in [-0.15, -0.1) is 0 Å². The number of esters is 1. The van der Waals surface area contributed by atoms with E-state index in [1.54, 1.807) is 0 Å². The van der Waals surface area contributed by atoms with Crippen molar-refractivity contribution in [2.45, 2.75) is 115 Å². The van der Waals surface area contributed by atoms with Crippen molar-refractivity contribution >= 4 is 20.2 Å². The summed E-state index contributed by atoms with van der Waals surface area (Å²) in [6.07, 6.45) is -2.19. The van der Waals surface area contributed by atoms with E-state index in [-0.39, 0.29) is 24.0 Å². The van der Waals surface area contributed by atoms with E-state index >= 15 is 0 Å². The van der Waals surface area contributed by atoms with Crippen molar-refractivity contribution < 1.29 is 42.4 Å². The minimum absolute atomic E-state index is 0.0222. The van der Waals surface area contributed by atoms with Crippen LogP contribution in [0.5, 0.6) is 0 Å². The average Bonchev–Trinajstić information content (AvgIpc) is 3.25. The van der Waals surface area contributed by atoms with E-state index in [1.807, 2.05) is 44.2 Å². The third-order valence-corrected chi connectivity index (χ3v) is 12.8. The van der Waals surface area contributed by atoms with Gasteiger partial charge in [0.2, 0.25) is 5.91 Å². The van der Waals surface area contributed by atoms with Gasteiger partial charge in [0.15, 0.2) is 14.1 Å². The summed E-state index contributed by atoms with van der Waals surface area (Å²) in [4.78, 5) is 25.8. The van der Waals surface area contributed by atoms with Crippen LogP contribution in [0.4, 0.5) is 0 Å². The van der Waals surface area contributed by atoms with E-state index in [0.29, 0.717) is 13.0 Å². The van der Waals surface area contributed by atoms with Crippen molar-refractivity contribution in [2.24, 2.45) is 0 Å². The van der Waals surface area contributed by atoms with E-state index in [2.05, 4.69) is 39.2 Å². The second-order valence-electron chi connectivity index (χ2n) is 12.8. The number of ether oxygens (including phenoxy) is 6. The molecule has 2 saturated heterocycles. The van der Waals surface area contributed by atoms with Crippen LogP contribution in [0.3, 0.4) is 0 Å². The molecule has 3 rings (SSSR count). The predicted octanol–water partition coefficient (Wildman–Crippen LogP) is 3.97. The summed E-state index contributed by atoms with van der Waals surface area (Å²) in [5.74, 6) is -3.58. The highest BCUT2D eigenvalue weighted by molar-refractivity contribution is 6.74. The number of amides is 1. The largest absolute Gasteiger partial charge is 0.465 e. The van der Waals surface area contributed by atoms with Crippen LogP contribution in [-0.4, -0.2) is 89.7 Å². The first-order valence-electron chi connectivity index (χ1n) is 14.3.